The van der Waals surface area contributed by atoms with Gasteiger partial charge in [0, 0.05) is 39.1 Å². The molecule has 0 bridgehead atoms. The minimum absolute atomic E-state index is 0.0138. The van der Waals surface area contributed by atoms with E-state index in [1.165, 1.54) is 11.9 Å². The Labute approximate surface area is 330 Å². The summed E-state index contributed by atoms with van der Waals surface area (Å²) < 4.78 is 58.6. The van der Waals surface area contributed by atoms with Crippen molar-refractivity contribution in [3.8, 4) is 5.75 Å². The molecule has 0 radical (unpaired) electrons. The van der Waals surface area contributed by atoms with Crippen molar-refractivity contribution in [1.82, 2.24) is 30.5 Å². The average molecular weight is 819 g/mol. The number of amides is 5. The molecule has 0 aromatic heterocycles. The maximum Gasteiger partial charge on any atom is 0.315 e. The van der Waals surface area contributed by atoms with Crippen LogP contribution in [0.25, 0.3) is 0 Å². The van der Waals surface area contributed by atoms with Gasteiger partial charge in [-0.1, -0.05) is 80.0 Å². The second kappa shape index (κ2) is 17.9. The highest BCUT2D eigenvalue weighted by molar-refractivity contribution is 7.88. The van der Waals surface area contributed by atoms with E-state index in [4.69, 9.17) is 16.3 Å². The molecule has 5 amide bonds. The van der Waals surface area contributed by atoms with Gasteiger partial charge in [-0.15, -0.1) is 0 Å². The number of halogens is 3. The third kappa shape index (κ3) is 12.1. The van der Waals surface area contributed by atoms with E-state index in [1.54, 1.807) is 39.0 Å². The van der Waals surface area contributed by atoms with Crippen LogP contribution in [-0.2, 0) is 30.8 Å². The third-order valence-corrected chi connectivity index (χ3v) is 12.3. The molecule has 2 aliphatic rings. The highest BCUT2D eigenvalue weighted by atomic mass is 35.5. The molecule has 1 heterocycles. The summed E-state index contributed by atoms with van der Waals surface area (Å²) in [6.07, 6.45) is -1.60. The van der Waals surface area contributed by atoms with Gasteiger partial charge in [0.1, 0.15) is 23.9 Å². The summed E-state index contributed by atoms with van der Waals surface area (Å²) in [5.41, 5.74) is -0.946. The van der Waals surface area contributed by atoms with Crippen LogP contribution in [0.15, 0.2) is 18.2 Å². The van der Waals surface area contributed by atoms with Gasteiger partial charge in [-0.05, 0) is 58.6 Å². The number of benzene rings is 1. The number of hydrogen-bond acceptors (Lipinski definition) is 7. The summed E-state index contributed by atoms with van der Waals surface area (Å²) in [5, 5.41) is 11.2. The largest absolute Gasteiger partial charge is 0.492 e. The molecular weight excluding hydrogens is 758 g/mol. The zero-order chi connectivity index (χ0) is 41.8. The van der Waals surface area contributed by atoms with Crippen molar-refractivity contribution in [2.24, 2.45) is 28.1 Å². The van der Waals surface area contributed by atoms with Gasteiger partial charge in [-0.25, -0.2) is 26.3 Å². The lowest BCUT2D eigenvalue weighted by Crippen LogP contribution is -2.62. The quantitative estimate of drug-likeness (QED) is 0.181. The minimum Gasteiger partial charge on any atom is -0.492 e. The number of ether oxygens (including phenoxy) is 1. The van der Waals surface area contributed by atoms with E-state index in [0.717, 1.165) is 22.5 Å². The van der Waals surface area contributed by atoms with Crippen LogP contribution in [0.4, 0.5) is 13.6 Å². The van der Waals surface area contributed by atoms with Crippen LogP contribution in [0.1, 0.15) is 80.7 Å². The van der Waals surface area contributed by atoms with Crippen LogP contribution in [0.5, 0.6) is 5.75 Å². The van der Waals surface area contributed by atoms with Crippen molar-refractivity contribution in [3.05, 3.63) is 28.8 Å². The molecule has 1 aromatic carbocycles. The highest BCUT2D eigenvalue weighted by Gasteiger charge is 2.70. The van der Waals surface area contributed by atoms with E-state index in [-0.39, 0.29) is 36.9 Å². The number of sulfonamides is 1. The highest BCUT2D eigenvalue weighted by Crippen LogP contribution is 2.65. The monoisotopic (exact) mass is 818 g/mol. The Kier molecular flexibility index (Phi) is 15.0. The Morgan fingerprint density at radius 3 is 2.22 bits per heavy atom. The Morgan fingerprint density at radius 2 is 1.69 bits per heavy atom. The van der Waals surface area contributed by atoms with Gasteiger partial charge in [-0.2, -0.15) is 0 Å². The van der Waals surface area contributed by atoms with Gasteiger partial charge in [0.25, 0.3) is 0 Å². The predicted molar refractivity (Wildman–Crippen MR) is 208 cm³/mol. The lowest BCUT2D eigenvalue weighted by atomic mass is 9.85. The molecule has 1 aliphatic carbocycles. The summed E-state index contributed by atoms with van der Waals surface area (Å²) in [5.74, 6) is -1.88. The zero-order valence-electron chi connectivity index (χ0n) is 34.0. The van der Waals surface area contributed by atoms with E-state index in [1.807, 2.05) is 41.5 Å². The summed E-state index contributed by atoms with van der Waals surface area (Å²) in [6, 6.07) is 0.132. The maximum atomic E-state index is 14.4. The molecule has 0 spiro atoms. The number of carbonyl (C=O) groups excluding carboxylic acids is 4. The Morgan fingerprint density at radius 1 is 1.05 bits per heavy atom. The molecule has 2 fully saturated rings. The average Bonchev–Trinajstić information content (AvgIpc) is 3.35. The lowest BCUT2D eigenvalue weighted by molar-refractivity contribution is -0.144. The lowest BCUT2D eigenvalue weighted by Gasteiger charge is -2.39. The smallest absolute Gasteiger partial charge is 0.315 e. The van der Waals surface area contributed by atoms with Gasteiger partial charge in [0.15, 0.2) is 0 Å². The molecule has 55 heavy (non-hydrogen) atoms. The third-order valence-electron chi connectivity index (χ3n) is 10.7. The number of rotatable bonds is 17. The van der Waals surface area contributed by atoms with Crippen LogP contribution >= 0.6 is 11.6 Å². The number of piperidine rings is 1. The van der Waals surface area contributed by atoms with Crippen LogP contribution in [-0.4, -0.2) is 112 Å². The van der Waals surface area contributed by atoms with Gasteiger partial charge >= 0.3 is 6.03 Å². The zero-order valence-corrected chi connectivity index (χ0v) is 35.6. The first kappa shape index (κ1) is 46.1. The number of nitrogens with zero attached hydrogens (tertiary/aromatic N) is 2. The topological polar surface area (TPSA) is 166 Å². The molecule has 1 saturated heterocycles. The fourth-order valence-electron chi connectivity index (χ4n) is 7.04. The summed E-state index contributed by atoms with van der Waals surface area (Å²) in [7, 11) is -2.13. The van der Waals surface area contributed by atoms with Crippen molar-refractivity contribution in [2.75, 3.05) is 39.5 Å². The van der Waals surface area contributed by atoms with E-state index in [0.29, 0.717) is 23.8 Å². The van der Waals surface area contributed by atoms with E-state index < -0.39 is 81.6 Å². The van der Waals surface area contributed by atoms with Crippen LogP contribution in [0.2, 0.25) is 5.02 Å². The molecule has 1 aliphatic heterocycles. The minimum atomic E-state index is -3.54. The van der Waals surface area contributed by atoms with Gasteiger partial charge in [0.05, 0.1) is 17.9 Å². The van der Waals surface area contributed by atoms with Crippen molar-refractivity contribution < 1.29 is 41.1 Å². The van der Waals surface area contributed by atoms with Crippen molar-refractivity contribution in [1.29, 1.82) is 0 Å². The van der Waals surface area contributed by atoms with E-state index >= 15 is 0 Å². The molecule has 1 saturated carbocycles. The standard InChI is InChI=1S/C38H61ClF2N6O7S/c1-12-17-54-26-14-13-22(18-24(26)39)15-16-42-32(48)25(19-28(40)41)43-33(49)30-29-23(38(29,8)9)20-47(30)34(50)31(37(5,6)7)45-35(51)44-27(36(2,3)4)21-46(10)55(11,52)53/h13-14,18,23,25,27-31H,12,15-17,19-21H2,1-11H3,(H,42,48)(H,43,49)(H2,44,45,51)/t23-,25-,27+,29-,30-,31+/m0/s1. The Balaban J connectivity index is 1.77. The van der Waals surface area contributed by atoms with Crippen LogP contribution in [0.3, 0.4) is 0 Å². The molecule has 1 aromatic rings. The molecular formula is C38H61ClF2N6O7S. The fraction of sp³-hybridized carbons (Fsp3) is 0.737. The summed E-state index contributed by atoms with van der Waals surface area (Å²) in [6.45, 7) is 17.5. The molecule has 13 nitrogen and oxygen atoms in total. The molecule has 312 valence electrons. The SMILES string of the molecule is CCCOc1ccc(CCNC(=O)[C@H](CC(F)F)NC(=O)[C@@H]2[C@@H]3[C@H](CN2C(=O)[C@@H](NC(=O)N[C@H](CN(C)S(C)(=O)=O)C(C)(C)C)C(C)(C)C)C3(C)C)cc1Cl. The Bertz CT molecular complexity index is 1670. The first-order valence-electron chi connectivity index (χ1n) is 18.8. The number of nitrogens with one attached hydrogen (secondary N) is 4. The first-order chi connectivity index (χ1) is 25.2. The molecule has 6 atom stereocenters. The van der Waals surface area contributed by atoms with Crippen molar-refractivity contribution in [3.63, 3.8) is 0 Å². The van der Waals surface area contributed by atoms with Gasteiger partial charge in [0.2, 0.25) is 34.2 Å². The predicted octanol–water partition coefficient (Wildman–Crippen LogP) is 4.43. The number of likely N-dealkylation sites (N-methyl/N-ethyl adjacent to an activating group) is 1. The normalized spacial score (nSPS) is 21.0. The Hall–Kier alpha value is -3.24. The van der Waals surface area contributed by atoms with Crippen LogP contribution < -0.4 is 26.0 Å². The fourth-order valence-corrected chi connectivity index (χ4v) is 7.71. The number of carbonyl (C=O) groups is 4. The molecule has 3 rings (SSSR count). The van der Waals surface area contributed by atoms with E-state index in [9.17, 15) is 36.4 Å². The molecule has 0 unspecified atom stereocenters. The van der Waals surface area contributed by atoms with Crippen LogP contribution in [0, 0.1) is 28.1 Å². The second-order valence-corrected chi connectivity index (χ2v) is 20.1. The van der Waals surface area contributed by atoms with Gasteiger partial charge < -0.3 is 30.9 Å². The first-order valence-corrected chi connectivity index (χ1v) is 21.0. The maximum absolute atomic E-state index is 14.4. The number of alkyl halides is 2. The number of fused-ring (bicyclic) bond motifs is 1. The van der Waals surface area contributed by atoms with Gasteiger partial charge in [-0.3, -0.25) is 14.4 Å². The number of likely N-dealkylation sites (tertiary alicyclic amines) is 1. The summed E-state index contributed by atoms with van der Waals surface area (Å²) >= 11 is 6.32. The number of urea groups is 1. The number of hydrogen-bond donors (Lipinski definition) is 4. The second-order valence-electron chi connectivity index (χ2n) is 17.6. The molecule has 17 heteroatoms. The molecule has 4 N–H and O–H groups in total. The van der Waals surface area contributed by atoms with Crippen molar-refractivity contribution >= 4 is 45.4 Å². The summed E-state index contributed by atoms with van der Waals surface area (Å²) in [4.78, 5) is 56.6. The van der Waals surface area contributed by atoms with Crippen molar-refractivity contribution in [2.45, 2.75) is 112 Å². The van der Waals surface area contributed by atoms with E-state index in [2.05, 4.69) is 21.3 Å².